The number of allylic oxidation sites excluding steroid dienone is 10. The minimum absolute atomic E-state index is 0.0755. The van der Waals surface area contributed by atoms with Crippen LogP contribution in [0.25, 0.3) is 0 Å². The molecule has 78 heavy (non-hydrogen) atoms. The second-order valence-corrected chi connectivity index (χ2v) is 23.1. The maximum absolute atomic E-state index is 12.9. The van der Waals surface area contributed by atoms with E-state index < -0.39 is 6.10 Å². The van der Waals surface area contributed by atoms with Crippen LogP contribution in [0.2, 0.25) is 0 Å². The number of esters is 3. The number of rotatable bonds is 63. The highest BCUT2D eigenvalue weighted by Gasteiger charge is 2.19. The second-order valence-electron chi connectivity index (χ2n) is 23.1. The van der Waals surface area contributed by atoms with E-state index in [1.165, 1.54) is 244 Å². The molecule has 0 aromatic rings. The van der Waals surface area contributed by atoms with E-state index in [1.54, 1.807) is 0 Å². The summed E-state index contributed by atoms with van der Waals surface area (Å²) in [5.41, 5.74) is 0. The van der Waals surface area contributed by atoms with Gasteiger partial charge in [0.05, 0.1) is 0 Å². The summed E-state index contributed by atoms with van der Waals surface area (Å²) in [5.74, 6) is -0.872. The predicted octanol–water partition coefficient (Wildman–Crippen LogP) is 23.5. The van der Waals surface area contributed by atoms with Crippen LogP contribution in [0.3, 0.4) is 0 Å². The first kappa shape index (κ1) is 75.1. The molecule has 0 fully saturated rings. The monoisotopic (exact) mass is 1090 g/mol. The van der Waals surface area contributed by atoms with Crippen molar-refractivity contribution in [3.8, 4) is 0 Å². The van der Waals surface area contributed by atoms with E-state index in [0.717, 1.165) is 77.0 Å². The van der Waals surface area contributed by atoms with Crippen molar-refractivity contribution in [1.82, 2.24) is 0 Å². The molecule has 454 valence electrons. The number of hydrogen-bond donors (Lipinski definition) is 0. The van der Waals surface area contributed by atoms with Crippen molar-refractivity contribution in [2.45, 2.75) is 367 Å². The fraction of sp³-hybridized carbons (Fsp3) is 0.819. The van der Waals surface area contributed by atoms with Crippen molar-refractivity contribution in [2.24, 2.45) is 0 Å². The van der Waals surface area contributed by atoms with E-state index >= 15 is 0 Å². The smallest absolute Gasteiger partial charge is 0.306 e. The second kappa shape index (κ2) is 66.6. The fourth-order valence-electron chi connectivity index (χ4n) is 10.0. The Hall–Kier alpha value is -2.89. The quantitative estimate of drug-likeness (QED) is 0.0261. The van der Waals surface area contributed by atoms with Crippen molar-refractivity contribution in [3.63, 3.8) is 0 Å². The number of ether oxygens (including phenoxy) is 3. The number of carbonyl (C=O) groups excluding carboxylic acids is 3. The lowest BCUT2D eigenvalue weighted by Crippen LogP contribution is -2.30. The Morgan fingerprint density at radius 2 is 0.474 bits per heavy atom. The van der Waals surface area contributed by atoms with Crippen LogP contribution < -0.4 is 0 Å². The normalized spacial score (nSPS) is 12.4. The van der Waals surface area contributed by atoms with Gasteiger partial charge < -0.3 is 14.2 Å². The van der Waals surface area contributed by atoms with E-state index in [-0.39, 0.29) is 31.1 Å². The molecule has 6 nitrogen and oxygen atoms in total. The van der Waals surface area contributed by atoms with Gasteiger partial charge in [-0.25, -0.2) is 0 Å². The van der Waals surface area contributed by atoms with Crippen LogP contribution in [0, 0.1) is 0 Å². The predicted molar refractivity (Wildman–Crippen MR) is 339 cm³/mol. The maximum Gasteiger partial charge on any atom is 0.306 e. The maximum atomic E-state index is 12.9. The molecule has 0 saturated heterocycles. The van der Waals surface area contributed by atoms with E-state index in [0.29, 0.717) is 19.3 Å². The topological polar surface area (TPSA) is 78.9 Å². The van der Waals surface area contributed by atoms with Crippen molar-refractivity contribution in [3.05, 3.63) is 60.8 Å². The Kier molecular flexibility index (Phi) is 64.2. The minimum Gasteiger partial charge on any atom is -0.462 e. The summed E-state index contributed by atoms with van der Waals surface area (Å²) in [6.07, 6.45) is 85.4. The third-order valence-electron chi connectivity index (χ3n) is 15.2. The van der Waals surface area contributed by atoms with Crippen LogP contribution in [0.15, 0.2) is 60.8 Å². The third-order valence-corrected chi connectivity index (χ3v) is 15.2. The molecule has 0 saturated carbocycles. The summed E-state index contributed by atoms with van der Waals surface area (Å²) < 4.78 is 16.9. The largest absolute Gasteiger partial charge is 0.462 e. The van der Waals surface area contributed by atoms with Crippen LogP contribution in [0.4, 0.5) is 0 Å². The highest BCUT2D eigenvalue weighted by Crippen LogP contribution is 2.17. The lowest BCUT2D eigenvalue weighted by atomic mass is 10.0. The summed E-state index contributed by atoms with van der Waals surface area (Å²) in [7, 11) is 0. The van der Waals surface area contributed by atoms with E-state index in [1.807, 2.05) is 0 Å². The van der Waals surface area contributed by atoms with Crippen molar-refractivity contribution in [2.75, 3.05) is 13.2 Å². The highest BCUT2D eigenvalue weighted by atomic mass is 16.6. The molecule has 0 N–H and O–H groups in total. The molecule has 6 heteroatoms. The van der Waals surface area contributed by atoms with E-state index in [9.17, 15) is 14.4 Å². The lowest BCUT2D eigenvalue weighted by molar-refractivity contribution is -0.167. The Labute approximate surface area is 485 Å². The SMILES string of the molecule is CCCC/C=C\CCCCCCCC(=O)OCC(COC(=O)CCCCCCCCCCCCCCCCCC/C=C\C/C=C\C/C=C\CCCCCCC)OC(=O)CCCCCCCCC/C=C\CCCCCCCCC. The Morgan fingerprint density at radius 1 is 0.256 bits per heavy atom. The summed E-state index contributed by atoms with van der Waals surface area (Å²) >= 11 is 0. The van der Waals surface area contributed by atoms with E-state index in [4.69, 9.17) is 14.2 Å². The van der Waals surface area contributed by atoms with Crippen LogP contribution in [-0.2, 0) is 28.6 Å². The molecule has 0 aliphatic heterocycles. The van der Waals surface area contributed by atoms with Crippen molar-refractivity contribution < 1.29 is 28.6 Å². The molecular formula is C72H130O6. The Bertz CT molecular complexity index is 1390. The van der Waals surface area contributed by atoms with Gasteiger partial charge in [-0.3, -0.25) is 14.4 Å². The van der Waals surface area contributed by atoms with Gasteiger partial charge in [0, 0.05) is 19.3 Å². The Balaban J connectivity index is 4.15. The first-order valence-corrected chi connectivity index (χ1v) is 34.3. The number of carbonyl (C=O) groups is 3. The van der Waals surface area contributed by atoms with Gasteiger partial charge in [-0.2, -0.15) is 0 Å². The zero-order chi connectivity index (χ0) is 56.4. The molecule has 0 spiro atoms. The highest BCUT2D eigenvalue weighted by molar-refractivity contribution is 5.71. The van der Waals surface area contributed by atoms with E-state index in [2.05, 4.69) is 81.5 Å². The molecule has 1 unspecified atom stereocenters. The van der Waals surface area contributed by atoms with Crippen LogP contribution >= 0.6 is 0 Å². The van der Waals surface area contributed by atoms with Crippen LogP contribution in [0.1, 0.15) is 361 Å². The van der Waals surface area contributed by atoms with Gasteiger partial charge in [0.1, 0.15) is 13.2 Å². The number of hydrogen-bond acceptors (Lipinski definition) is 6. The minimum atomic E-state index is -0.779. The lowest BCUT2D eigenvalue weighted by Gasteiger charge is -2.18. The molecule has 0 rings (SSSR count). The summed E-state index contributed by atoms with van der Waals surface area (Å²) in [4.78, 5) is 38.3. The molecule has 0 aliphatic carbocycles. The molecule has 0 aliphatic rings. The molecule has 0 bridgehead atoms. The first-order chi connectivity index (χ1) is 38.5. The zero-order valence-corrected chi connectivity index (χ0v) is 52.2. The van der Waals surface area contributed by atoms with Gasteiger partial charge in [0.2, 0.25) is 0 Å². The van der Waals surface area contributed by atoms with Gasteiger partial charge in [-0.15, -0.1) is 0 Å². The molecule has 0 radical (unpaired) electrons. The van der Waals surface area contributed by atoms with Crippen LogP contribution in [0.5, 0.6) is 0 Å². The average molecular weight is 1090 g/mol. The zero-order valence-electron chi connectivity index (χ0n) is 52.2. The van der Waals surface area contributed by atoms with Crippen molar-refractivity contribution >= 4 is 17.9 Å². The van der Waals surface area contributed by atoms with Crippen molar-refractivity contribution in [1.29, 1.82) is 0 Å². The first-order valence-electron chi connectivity index (χ1n) is 34.3. The molecular weight excluding hydrogens is 961 g/mol. The summed E-state index contributed by atoms with van der Waals surface area (Å²) in [6.45, 7) is 6.62. The molecule has 1 atom stereocenters. The summed E-state index contributed by atoms with van der Waals surface area (Å²) in [5, 5.41) is 0. The van der Waals surface area contributed by atoms with Gasteiger partial charge in [0.15, 0.2) is 6.10 Å². The standard InChI is InChI=1S/C72H130O6/c1-4-7-10-13-16-19-22-24-26-28-30-31-32-33-34-35-36-37-38-39-40-41-42-44-45-47-50-53-56-59-62-65-71(74)77-68-69(67-76-70(73)64-61-58-55-52-49-21-18-15-12-9-6-3)78-72(75)66-63-60-57-54-51-48-46-43-29-27-25-23-20-17-14-11-8-5-2/h15,18,22,24,27-30,32-33,69H,4-14,16-17,19-21,23,25-26,31,34-68H2,1-3H3/b18-15-,24-22-,29-27-,30-28-,33-32-. The van der Waals surface area contributed by atoms with Gasteiger partial charge >= 0.3 is 17.9 Å². The van der Waals surface area contributed by atoms with Gasteiger partial charge in [0.25, 0.3) is 0 Å². The molecule has 0 amide bonds. The summed E-state index contributed by atoms with van der Waals surface area (Å²) in [6, 6.07) is 0. The molecule has 0 aromatic heterocycles. The molecule has 0 aromatic carbocycles. The van der Waals surface area contributed by atoms with Gasteiger partial charge in [-0.05, 0) is 103 Å². The van der Waals surface area contributed by atoms with Crippen LogP contribution in [-0.4, -0.2) is 37.2 Å². The third kappa shape index (κ3) is 63.9. The fourth-order valence-corrected chi connectivity index (χ4v) is 10.0. The average Bonchev–Trinajstić information content (AvgIpc) is 3.44. The number of unbranched alkanes of at least 4 members (excludes halogenated alkanes) is 42. The van der Waals surface area contributed by atoms with Gasteiger partial charge in [-0.1, -0.05) is 300 Å². The Morgan fingerprint density at radius 3 is 0.769 bits per heavy atom. The molecule has 0 heterocycles.